The van der Waals surface area contributed by atoms with Gasteiger partial charge in [-0.25, -0.2) is 8.78 Å². The molecule has 0 N–H and O–H groups in total. The van der Waals surface area contributed by atoms with Crippen LogP contribution in [0.1, 0.15) is 22.6 Å². The number of nitrogens with zero attached hydrogens (tertiary/aromatic N) is 2. The molecule has 1 amide bonds. The molecule has 0 aromatic heterocycles. The minimum Gasteiger partial charge on any atom is -0.344 e. The minimum atomic E-state index is -1.06. The van der Waals surface area contributed by atoms with Gasteiger partial charge in [0.05, 0.1) is 11.6 Å². The first-order chi connectivity index (χ1) is 12.4. The first kappa shape index (κ1) is 17.7. The van der Waals surface area contributed by atoms with Crippen molar-refractivity contribution in [3.63, 3.8) is 0 Å². The number of carbonyl (C=O) groups excluding carboxylic acids is 2. The number of nitriles is 1. The zero-order chi connectivity index (χ0) is 18.8. The predicted molar refractivity (Wildman–Crippen MR) is 90.1 cm³/mol. The Morgan fingerprint density at radius 1 is 1.23 bits per heavy atom. The summed E-state index contributed by atoms with van der Waals surface area (Å²) in [6.07, 6.45) is -0.347. The van der Waals surface area contributed by atoms with E-state index in [-0.39, 0.29) is 23.8 Å². The number of rotatable bonds is 4. The van der Waals surface area contributed by atoms with Crippen LogP contribution in [-0.4, -0.2) is 30.2 Å². The zero-order valence-corrected chi connectivity index (χ0v) is 14.1. The summed E-state index contributed by atoms with van der Waals surface area (Å²) in [6.45, 7) is 0.354. The third-order valence-corrected chi connectivity index (χ3v) is 4.73. The fourth-order valence-electron chi connectivity index (χ4n) is 3.35. The molecule has 2 aromatic rings. The fraction of sp³-hybridized carbons (Fsp3) is 0.250. The summed E-state index contributed by atoms with van der Waals surface area (Å²) in [5.74, 6) is -4.19. The lowest BCUT2D eigenvalue weighted by Gasteiger charge is -2.16. The van der Waals surface area contributed by atoms with Gasteiger partial charge in [-0.05, 0) is 29.3 Å². The smallest absolute Gasteiger partial charge is 0.233 e. The third kappa shape index (κ3) is 3.21. The number of carbonyl (C=O) groups is 2. The van der Waals surface area contributed by atoms with Gasteiger partial charge in [0.15, 0.2) is 11.6 Å². The molecule has 0 spiro atoms. The Morgan fingerprint density at radius 3 is 2.58 bits per heavy atom. The van der Waals surface area contributed by atoms with Crippen molar-refractivity contribution in [1.82, 2.24) is 4.90 Å². The lowest BCUT2D eigenvalue weighted by atomic mass is 9.83. The highest BCUT2D eigenvalue weighted by atomic mass is 19.2. The van der Waals surface area contributed by atoms with Crippen LogP contribution in [0.15, 0.2) is 42.5 Å². The zero-order valence-electron chi connectivity index (χ0n) is 14.1. The van der Waals surface area contributed by atoms with Gasteiger partial charge in [-0.3, -0.25) is 9.59 Å². The maximum atomic E-state index is 13.9. The Hall–Kier alpha value is -3.07. The number of likely N-dealkylation sites (N-methyl/N-ethyl adjacent to an activating group) is 1. The number of amides is 1. The van der Waals surface area contributed by atoms with Crippen LogP contribution in [0.4, 0.5) is 8.78 Å². The lowest BCUT2D eigenvalue weighted by molar-refractivity contribution is -0.136. The topological polar surface area (TPSA) is 61.2 Å². The summed E-state index contributed by atoms with van der Waals surface area (Å²) in [6, 6.07) is 12.4. The van der Waals surface area contributed by atoms with Gasteiger partial charge in [0.25, 0.3) is 0 Å². The van der Waals surface area contributed by atoms with Gasteiger partial charge < -0.3 is 4.90 Å². The number of likely N-dealkylation sites (tertiary alicyclic amines) is 1. The van der Waals surface area contributed by atoms with E-state index in [0.29, 0.717) is 12.1 Å². The van der Waals surface area contributed by atoms with E-state index in [1.165, 1.54) is 17.0 Å². The number of hydrogen-bond donors (Lipinski definition) is 0. The molecule has 3 rings (SSSR count). The van der Waals surface area contributed by atoms with Crippen LogP contribution in [0.2, 0.25) is 0 Å². The molecule has 2 atom stereocenters. The van der Waals surface area contributed by atoms with Gasteiger partial charge in [0.1, 0.15) is 11.7 Å². The maximum Gasteiger partial charge on any atom is 0.233 e. The van der Waals surface area contributed by atoms with Crippen molar-refractivity contribution in [1.29, 1.82) is 5.26 Å². The predicted octanol–water partition coefficient (Wildman–Crippen LogP) is 2.82. The van der Waals surface area contributed by atoms with Gasteiger partial charge in [0, 0.05) is 25.9 Å². The summed E-state index contributed by atoms with van der Waals surface area (Å²) < 4.78 is 27.2. The molecule has 0 bridgehead atoms. The van der Waals surface area contributed by atoms with E-state index in [0.717, 1.165) is 11.6 Å². The van der Waals surface area contributed by atoms with Crippen LogP contribution < -0.4 is 0 Å². The van der Waals surface area contributed by atoms with Crippen LogP contribution in [0.3, 0.4) is 0 Å². The van der Waals surface area contributed by atoms with Crippen molar-refractivity contribution in [3.8, 4) is 6.07 Å². The van der Waals surface area contributed by atoms with Crippen LogP contribution in [0, 0.1) is 28.9 Å². The molecular formula is C20H16F2N2O2. The lowest BCUT2D eigenvalue weighted by Crippen LogP contribution is -2.29. The molecule has 6 heteroatoms. The second-order valence-electron chi connectivity index (χ2n) is 6.39. The van der Waals surface area contributed by atoms with Crippen molar-refractivity contribution in [2.45, 2.75) is 12.3 Å². The minimum absolute atomic E-state index is 0.0593. The van der Waals surface area contributed by atoms with E-state index < -0.39 is 23.3 Å². The average molecular weight is 354 g/mol. The SMILES string of the molecule is CN1C[C@H](c2ccc(C#N)cc2)[C@@H](C(=O)Cc2cccc(F)c2F)C1=O. The Balaban J connectivity index is 1.89. The molecule has 2 aromatic carbocycles. The third-order valence-electron chi connectivity index (χ3n) is 4.73. The molecule has 1 aliphatic rings. The molecule has 1 saturated heterocycles. The summed E-state index contributed by atoms with van der Waals surface area (Å²) in [5, 5.41) is 8.90. The van der Waals surface area contributed by atoms with Crippen molar-refractivity contribution < 1.29 is 18.4 Å². The van der Waals surface area contributed by atoms with E-state index >= 15 is 0 Å². The second kappa shape index (κ2) is 7.04. The normalized spacial score (nSPS) is 19.5. The summed E-state index contributed by atoms with van der Waals surface area (Å²) in [5.41, 5.74) is 1.19. The highest BCUT2D eigenvalue weighted by Crippen LogP contribution is 2.34. The van der Waals surface area contributed by atoms with Crippen LogP contribution in [0.5, 0.6) is 0 Å². The standard InChI is InChI=1S/C20H16F2N2O2/c1-24-11-15(13-7-5-12(10-23)6-8-13)18(20(24)26)17(25)9-14-3-2-4-16(21)19(14)22/h2-8,15,18H,9,11H2,1H3/t15-,18+/m1/s1. The number of ketones is 1. The van der Waals surface area contributed by atoms with Crippen LogP contribution in [-0.2, 0) is 16.0 Å². The first-order valence-electron chi connectivity index (χ1n) is 8.13. The largest absolute Gasteiger partial charge is 0.344 e. The molecule has 4 nitrogen and oxygen atoms in total. The van der Waals surface area contributed by atoms with Gasteiger partial charge in [-0.15, -0.1) is 0 Å². The molecule has 1 aliphatic heterocycles. The molecule has 26 heavy (non-hydrogen) atoms. The molecule has 1 fully saturated rings. The van der Waals surface area contributed by atoms with Crippen LogP contribution >= 0.6 is 0 Å². The summed E-state index contributed by atoms with van der Waals surface area (Å²) in [7, 11) is 1.61. The van der Waals surface area contributed by atoms with E-state index in [1.54, 1.807) is 31.3 Å². The van der Waals surface area contributed by atoms with Crippen LogP contribution in [0.25, 0.3) is 0 Å². The molecule has 132 valence electrons. The van der Waals surface area contributed by atoms with Crippen molar-refractivity contribution >= 4 is 11.7 Å². The van der Waals surface area contributed by atoms with Gasteiger partial charge >= 0.3 is 0 Å². The highest BCUT2D eigenvalue weighted by Gasteiger charge is 2.43. The molecule has 0 radical (unpaired) electrons. The van der Waals surface area contributed by atoms with Crippen molar-refractivity contribution in [2.75, 3.05) is 13.6 Å². The van der Waals surface area contributed by atoms with Gasteiger partial charge in [-0.1, -0.05) is 24.3 Å². The maximum absolute atomic E-state index is 13.9. The van der Waals surface area contributed by atoms with E-state index in [9.17, 15) is 18.4 Å². The Kier molecular flexibility index (Phi) is 4.81. The molecule has 0 unspecified atom stereocenters. The summed E-state index contributed by atoms with van der Waals surface area (Å²) in [4.78, 5) is 26.7. The number of Topliss-reactive ketones (excluding diaryl/α,β-unsaturated/α-hetero) is 1. The quantitative estimate of drug-likeness (QED) is 0.793. The Bertz CT molecular complexity index is 903. The van der Waals surface area contributed by atoms with E-state index in [4.69, 9.17) is 5.26 Å². The van der Waals surface area contributed by atoms with E-state index in [1.807, 2.05) is 6.07 Å². The van der Waals surface area contributed by atoms with Gasteiger partial charge in [-0.2, -0.15) is 5.26 Å². The Labute approximate surface area is 149 Å². The van der Waals surface area contributed by atoms with E-state index in [2.05, 4.69) is 0 Å². The number of benzene rings is 2. The highest BCUT2D eigenvalue weighted by molar-refractivity contribution is 6.04. The average Bonchev–Trinajstić information content (AvgIpc) is 2.94. The van der Waals surface area contributed by atoms with Gasteiger partial charge in [0.2, 0.25) is 5.91 Å². The first-order valence-corrected chi connectivity index (χ1v) is 8.13. The monoisotopic (exact) mass is 354 g/mol. The van der Waals surface area contributed by atoms with Crippen molar-refractivity contribution in [2.24, 2.45) is 5.92 Å². The second-order valence-corrected chi connectivity index (χ2v) is 6.39. The number of halogens is 2. The number of hydrogen-bond acceptors (Lipinski definition) is 3. The van der Waals surface area contributed by atoms with Crippen molar-refractivity contribution in [3.05, 3.63) is 70.8 Å². The molecule has 0 aliphatic carbocycles. The molecular weight excluding hydrogens is 338 g/mol. The molecule has 1 heterocycles. The Morgan fingerprint density at radius 2 is 1.92 bits per heavy atom. The molecule has 0 saturated carbocycles. The summed E-state index contributed by atoms with van der Waals surface area (Å²) >= 11 is 0. The fourth-order valence-corrected chi connectivity index (χ4v) is 3.35.